The van der Waals surface area contributed by atoms with E-state index in [9.17, 15) is 9.59 Å². The predicted molar refractivity (Wildman–Crippen MR) is 57.6 cm³/mol. The average Bonchev–Trinajstić information content (AvgIpc) is 3.01. The number of H-pyrrole nitrogens is 1. The zero-order valence-electron chi connectivity index (χ0n) is 9.43. The summed E-state index contributed by atoms with van der Waals surface area (Å²) in [5, 5.41) is 6.47. The molecule has 1 aromatic heterocycles. The number of amides is 2. The van der Waals surface area contributed by atoms with Crippen molar-refractivity contribution in [2.45, 2.75) is 25.7 Å². The molecule has 1 saturated heterocycles. The molecule has 2 amide bonds. The Hall–Kier alpha value is -1.72. The molecule has 90 valence electrons. The number of carbonyl (C=O) groups excluding carboxylic acids is 2. The number of likely N-dealkylation sites (tertiary alicyclic amines) is 1. The van der Waals surface area contributed by atoms with Crippen LogP contribution in [-0.4, -0.2) is 38.4 Å². The van der Waals surface area contributed by atoms with Gasteiger partial charge in [-0.2, -0.15) is 5.10 Å². The Morgan fingerprint density at radius 1 is 1.29 bits per heavy atom. The molecule has 2 heterocycles. The van der Waals surface area contributed by atoms with E-state index in [1.165, 1.54) is 11.2 Å². The van der Waals surface area contributed by atoms with Gasteiger partial charge in [-0.1, -0.05) is 6.42 Å². The van der Waals surface area contributed by atoms with Gasteiger partial charge < -0.3 is 0 Å². The van der Waals surface area contributed by atoms with Crippen LogP contribution in [0.15, 0.2) is 6.33 Å². The van der Waals surface area contributed by atoms with Gasteiger partial charge in [0.25, 0.3) is 0 Å². The summed E-state index contributed by atoms with van der Waals surface area (Å²) < 4.78 is 0. The third-order valence-corrected chi connectivity index (χ3v) is 3.72. The summed E-state index contributed by atoms with van der Waals surface area (Å²) >= 11 is 0. The molecule has 6 nitrogen and oxygen atoms in total. The Bertz CT molecular complexity index is 420. The van der Waals surface area contributed by atoms with Crippen LogP contribution in [0.4, 0.5) is 0 Å². The third-order valence-electron chi connectivity index (χ3n) is 3.72. The highest BCUT2D eigenvalue weighted by molar-refractivity contribution is 6.05. The molecule has 2 atom stereocenters. The highest BCUT2D eigenvalue weighted by Crippen LogP contribution is 2.39. The minimum absolute atomic E-state index is 0.0111. The maximum absolute atomic E-state index is 12.0. The molecule has 1 saturated carbocycles. The first-order chi connectivity index (χ1) is 8.27. The summed E-state index contributed by atoms with van der Waals surface area (Å²) in [4.78, 5) is 29.4. The lowest BCUT2D eigenvalue weighted by Gasteiger charge is -2.14. The highest BCUT2D eigenvalue weighted by Gasteiger charge is 2.49. The molecule has 1 aliphatic carbocycles. The van der Waals surface area contributed by atoms with Gasteiger partial charge in [0.05, 0.1) is 11.8 Å². The highest BCUT2D eigenvalue weighted by atomic mass is 16.2. The quantitative estimate of drug-likeness (QED) is 0.754. The van der Waals surface area contributed by atoms with Crippen LogP contribution < -0.4 is 0 Å². The SMILES string of the molecule is O=C1C2CCCC2C(=O)N1CCc1ncn[nH]1. The zero-order chi connectivity index (χ0) is 11.8. The van der Waals surface area contributed by atoms with Crippen LogP contribution in [0.1, 0.15) is 25.1 Å². The standard InChI is InChI=1S/C11H14N4O2/c16-10-7-2-1-3-8(7)11(17)15(10)5-4-9-12-6-13-14-9/h6-8H,1-5H2,(H,12,13,14). The molecule has 0 radical (unpaired) electrons. The molecule has 3 rings (SSSR count). The Labute approximate surface area is 98.4 Å². The van der Waals surface area contributed by atoms with Gasteiger partial charge in [-0.05, 0) is 12.8 Å². The summed E-state index contributed by atoms with van der Waals surface area (Å²) in [5.74, 6) is 0.645. The molecule has 2 fully saturated rings. The molecule has 0 aromatic carbocycles. The van der Waals surface area contributed by atoms with Gasteiger partial charge in [0.2, 0.25) is 11.8 Å². The smallest absolute Gasteiger partial charge is 0.233 e. The first-order valence-corrected chi connectivity index (χ1v) is 5.97. The molecule has 2 unspecified atom stereocenters. The Kier molecular flexibility index (Phi) is 2.42. The number of hydrogen-bond acceptors (Lipinski definition) is 4. The number of carbonyl (C=O) groups is 2. The van der Waals surface area contributed by atoms with E-state index in [1.807, 2.05) is 0 Å². The minimum atomic E-state index is -0.0442. The molecule has 1 aliphatic heterocycles. The van der Waals surface area contributed by atoms with E-state index >= 15 is 0 Å². The summed E-state index contributed by atoms with van der Waals surface area (Å²) in [7, 11) is 0. The van der Waals surface area contributed by atoms with Crippen molar-refractivity contribution < 1.29 is 9.59 Å². The third kappa shape index (κ3) is 1.64. The molecule has 1 N–H and O–H groups in total. The van der Waals surface area contributed by atoms with Crippen molar-refractivity contribution in [3.8, 4) is 0 Å². The van der Waals surface area contributed by atoms with Crippen LogP contribution in [0.3, 0.4) is 0 Å². The molecular formula is C11H14N4O2. The number of fused-ring (bicyclic) bond motifs is 1. The van der Waals surface area contributed by atoms with Crippen molar-refractivity contribution in [1.82, 2.24) is 20.1 Å². The van der Waals surface area contributed by atoms with Crippen LogP contribution in [0, 0.1) is 11.8 Å². The number of nitrogens with zero attached hydrogens (tertiary/aromatic N) is 3. The van der Waals surface area contributed by atoms with Gasteiger partial charge in [-0.3, -0.25) is 19.6 Å². The number of rotatable bonds is 3. The normalized spacial score (nSPS) is 27.9. The monoisotopic (exact) mass is 234 g/mol. The van der Waals surface area contributed by atoms with Gasteiger partial charge >= 0.3 is 0 Å². The minimum Gasteiger partial charge on any atom is -0.282 e. The van der Waals surface area contributed by atoms with Gasteiger partial charge in [0.1, 0.15) is 12.2 Å². The van der Waals surface area contributed by atoms with Crippen LogP contribution in [0.2, 0.25) is 0 Å². The maximum Gasteiger partial charge on any atom is 0.233 e. The number of aromatic amines is 1. The van der Waals surface area contributed by atoms with Crippen molar-refractivity contribution in [2.24, 2.45) is 11.8 Å². The predicted octanol–water partition coefficient (Wildman–Crippen LogP) is 0.132. The van der Waals surface area contributed by atoms with Crippen LogP contribution >= 0.6 is 0 Å². The maximum atomic E-state index is 12.0. The molecule has 2 aliphatic rings. The first kappa shape index (κ1) is 10.4. The topological polar surface area (TPSA) is 79.0 Å². The second-order valence-electron chi connectivity index (χ2n) is 4.65. The zero-order valence-corrected chi connectivity index (χ0v) is 9.43. The van der Waals surface area contributed by atoms with Gasteiger partial charge in [0.15, 0.2) is 0 Å². The van der Waals surface area contributed by atoms with Gasteiger partial charge in [-0.25, -0.2) is 4.98 Å². The van der Waals surface area contributed by atoms with E-state index in [1.54, 1.807) is 0 Å². The van der Waals surface area contributed by atoms with Crippen molar-refractivity contribution in [3.05, 3.63) is 12.2 Å². The van der Waals surface area contributed by atoms with Gasteiger partial charge in [-0.15, -0.1) is 0 Å². The van der Waals surface area contributed by atoms with Crippen molar-refractivity contribution >= 4 is 11.8 Å². The fourth-order valence-electron chi connectivity index (χ4n) is 2.85. The molecule has 17 heavy (non-hydrogen) atoms. The molecule has 0 bridgehead atoms. The second kappa shape index (κ2) is 3.94. The fraction of sp³-hybridized carbons (Fsp3) is 0.636. The van der Waals surface area contributed by atoms with Crippen molar-refractivity contribution in [3.63, 3.8) is 0 Å². The van der Waals surface area contributed by atoms with E-state index in [4.69, 9.17) is 0 Å². The Morgan fingerprint density at radius 3 is 2.59 bits per heavy atom. The van der Waals surface area contributed by atoms with E-state index in [-0.39, 0.29) is 23.7 Å². The molecule has 0 spiro atoms. The Morgan fingerprint density at radius 2 is 2.00 bits per heavy atom. The van der Waals surface area contributed by atoms with Crippen LogP contribution in [-0.2, 0) is 16.0 Å². The van der Waals surface area contributed by atoms with E-state index in [2.05, 4.69) is 15.2 Å². The number of hydrogen-bond donors (Lipinski definition) is 1. The van der Waals surface area contributed by atoms with Gasteiger partial charge in [0, 0.05) is 13.0 Å². The lowest BCUT2D eigenvalue weighted by Crippen LogP contribution is -2.33. The first-order valence-electron chi connectivity index (χ1n) is 5.97. The van der Waals surface area contributed by atoms with E-state index in [0.717, 1.165) is 19.3 Å². The summed E-state index contributed by atoms with van der Waals surface area (Å²) in [6.45, 7) is 0.417. The van der Waals surface area contributed by atoms with E-state index < -0.39 is 0 Å². The summed E-state index contributed by atoms with van der Waals surface area (Å²) in [6.07, 6.45) is 4.72. The second-order valence-corrected chi connectivity index (χ2v) is 4.65. The summed E-state index contributed by atoms with van der Waals surface area (Å²) in [6, 6.07) is 0. The molecular weight excluding hydrogens is 220 g/mol. The molecule has 6 heteroatoms. The fourth-order valence-corrected chi connectivity index (χ4v) is 2.85. The number of imide groups is 1. The summed E-state index contributed by atoms with van der Waals surface area (Å²) in [5.41, 5.74) is 0. The number of nitrogens with one attached hydrogen (secondary N) is 1. The van der Waals surface area contributed by atoms with Crippen LogP contribution in [0.5, 0.6) is 0 Å². The number of aromatic nitrogens is 3. The Balaban J connectivity index is 1.68. The van der Waals surface area contributed by atoms with Crippen LogP contribution in [0.25, 0.3) is 0 Å². The van der Waals surface area contributed by atoms with Crippen molar-refractivity contribution in [1.29, 1.82) is 0 Å². The van der Waals surface area contributed by atoms with Crippen molar-refractivity contribution in [2.75, 3.05) is 6.54 Å². The van der Waals surface area contributed by atoms with E-state index in [0.29, 0.717) is 18.8 Å². The lowest BCUT2D eigenvalue weighted by molar-refractivity contribution is -0.140. The lowest BCUT2D eigenvalue weighted by atomic mass is 10.00. The largest absolute Gasteiger partial charge is 0.282 e. The average molecular weight is 234 g/mol. The molecule has 1 aromatic rings.